The Bertz CT molecular complexity index is 1030. The third-order valence-electron chi connectivity index (χ3n) is 5.58. The maximum atomic E-state index is 13.6. The summed E-state index contributed by atoms with van der Waals surface area (Å²) in [4.78, 5) is 19.9. The van der Waals surface area contributed by atoms with Crippen LogP contribution in [0, 0.1) is 13.8 Å². The second kappa shape index (κ2) is 7.91. The summed E-state index contributed by atoms with van der Waals surface area (Å²) in [7, 11) is 3.31. The Hall–Kier alpha value is -2.80. The zero-order valence-electron chi connectivity index (χ0n) is 17.1. The molecule has 1 aromatic carbocycles. The Kier molecular flexibility index (Phi) is 5.32. The number of thiazole rings is 1. The summed E-state index contributed by atoms with van der Waals surface area (Å²) in [6, 6.07) is 7.70. The van der Waals surface area contributed by atoms with Crippen molar-refractivity contribution in [3.05, 3.63) is 58.4 Å². The van der Waals surface area contributed by atoms with Crippen molar-refractivity contribution >= 4 is 17.2 Å². The van der Waals surface area contributed by atoms with Crippen molar-refractivity contribution < 1.29 is 14.3 Å². The van der Waals surface area contributed by atoms with Crippen molar-refractivity contribution in [3.63, 3.8) is 0 Å². The van der Waals surface area contributed by atoms with Gasteiger partial charge in [0.05, 0.1) is 25.8 Å². The summed E-state index contributed by atoms with van der Waals surface area (Å²) in [5.74, 6) is 1.60. The molecule has 2 aromatic heterocycles. The van der Waals surface area contributed by atoms with Crippen LogP contribution in [0.2, 0.25) is 0 Å². The Morgan fingerprint density at radius 1 is 1.21 bits per heavy atom. The van der Waals surface area contributed by atoms with Crippen molar-refractivity contribution in [2.24, 2.45) is 0 Å². The number of hydrogen-bond acceptors (Lipinski definition) is 5. The number of aromatic nitrogens is 2. The van der Waals surface area contributed by atoms with Gasteiger partial charge in [0.2, 0.25) is 0 Å². The molecule has 0 N–H and O–H groups in total. The van der Waals surface area contributed by atoms with E-state index in [9.17, 15) is 4.79 Å². The average molecular weight is 412 g/mol. The first-order valence-corrected chi connectivity index (χ1v) is 10.5. The van der Waals surface area contributed by atoms with Crippen molar-refractivity contribution in [2.75, 3.05) is 20.8 Å². The first-order valence-electron chi connectivity index (χ1n) is 9.66. The van der Waals surface area contributed by atoms with Crippen LogP contribution >= 0.6 is 11.3 Å². The molecule has 7 heteroatoms. The van der Waals surface area contributed by atoms with Gasteiger partial charge in [-0.1, -0.05) is 0 Å². The summed E-state index contributed by atoms with van der Waals surface area (Å²) in [5, 5.41) is 2.83. The van der Waals surface area contributed by atoms with E-state index in [2.05, 4.69) is 9.55 Å². The molecule has 3 heterocycles. The van der Waals surface area contributed by atoms with E-state index in [1.165, 1.54) is 0 Å². The number of nitrogens with zero attached hydrogens (tertiary/aromatic N) is 3. The van der Waals surface area contributed by atoms with Gasteiger partial charge in [0, 0.05) is 35.1 Å². The highest BCUT2D eigenvalue weighted by Crippen LogP contribution is 2.40. The van der Waals surface area contributed by atoms with Gasteiger partial charge in [-0.25, -0.2) is 4.98 Å². The molecule has 0 aliphatic carbocycles. The maximum absolute atomic E-state index is 13.6. The summed E-state index contributed by atoms with van der Waals surface area (Å²) in [6.07, 6.45) is 3.65. The third-order valence-corrected chi connectivity index (χ3v) is 6.34. The lowest BCUT2D eigenvalue weighted by Gasteiger charge is -2.27. The Morgan fingerprint density at radius 3 is 2.72 bits per heavy atom. The zero-order chi connectivity index (χ0) is 20.5. The molecule has 1 saturated heterocycles. The van der Waals surface area contributed by atoms with Crippen molar-refractivity contribution in [1.82, 2.24) is 14.5 Å². The second-order valence-electron chi connectivity index (χ2n) is 7.20. The molecular weight excluding hydrogens is 386 g/mol. The smallest absolute Gasteiger partial charge is 0.256 e. The molecule has 1 aliphatic rings. The number of rotatable bonds is 5. The van der Waals surface area contributed by atoms with E-state index in [0.717, 1.165) is 58.5 Å². The number of amides is 1. The van der Waals surface area contributed by atoms with E-state index in [-0.39, 0.29) is 11.9 Å². The molecular formula is C22H25N3O3S. The third kappa shape index (κ3) is 3.40. The van der Waals surface area contributed by atoms with Gasteiger partial charge in [0.15, 0.2) is 5.13 Å². The van der Waals surface area contributed by atoms with Crippen LogP contribution in [0.4, 0.5) is 0 Å². The minimum atomic E-state index is -0.0320. The molecule has 1 aliphatic heterocycles. The van der Waals surface area contributed by atoms with Gasteiger partial charge in [-0.05, 0) is 51.0 Å². The molecule has 0 saturated carbocycles. The van der Waals surface area contributed by atoms with Gasteiger partial charge in [0.25, 0.3) is 5.91 Å². The fourth-order valence-electron chi connectivity index (χ4n) is 4.19. The Labute approximate surface area is 174 Å². The summed E-state index contributed by atoms with van der Waals surface area (Å²) < 4.78 is 13.0. The maximum Gasteiger partial charge on any atom is 0.256 e. The standard InChI is InChI=1S/C22H25N3O3S/c1-14-12-17(15(2)25(14)22-23-9-11-29-22)21(26)24-10-5-6-19(24)18-13-16(27-3)7-8-20(18)28-4/h7-9,11-13,19H,5-6,10H2,1-4H3. The van der Waals surface area contributed by atoms with Crippen LogP contribution in [-0.2, 0) is 0 Å². The summed E-state index contributed by atoms with van der Waals surface area (Å²) >= 11 is 1.56. The lowest BCUT2D eigenvalue weighted by molar-refractivity contribution is 0.0733. The summed E-state index contributed by atoms with van der Waals surface area (Å²) in [6.45, 7) is 4.72. The number of carbonyl (C=O) groups excluding carboxylic acids is 1. The van der Waals surface area contributed by atoms with Crippen LogP contribution in [0.25, 0.3) is 5.13 Å². The Balaban J connectivity index is 1.70. The second-order valence-corrected chi connectivity index (χ2v) is 8.07. The van der Waals surface area contributed by atoms with Gasteiger partial charge in [-0.3, -0.25) is 9.36 Å². The van der Waals surface area contributed by atoms with E-state index in [1.54, 1.807) is 31.8 Å². The lowest BCUT2D eigenvalue weighted by atomic mass is 10.0. The van der Waals surface area contributed by atoms with Gasteiger partial charge in [-0.15, -0.1) is 11.3 Å². The molecule has 4 rings (SSSR count). The van der Waals surface area contributed by atoms with Crippen LogP contribution in [0.1, 0.15) is 46.2 Å². The number of methoxy groups -OCH3 is 2. The molecule has 1 unspecified atom stereocenters. The molecule has 0 bridgehead atoms. The fourth-order valence-corrected chi connectivity index (χ4v) is 4.94. The Morgan fingerprint density at radius 2 is 2.03 bits per heavy atom. The molecule has 1 amide bonds. The van der Waals surface area contributed by atoms with Crippen molar-refractivity contribution in [1.29, 1.82) is 0 Å². The highest BCUT2D eigenvalue weighted by molar-refractivity contribution is 7.12. The molecule has 1 atom stereocenters. The molecule has 29 heavy (non-hydrogen) atoms. The van der Waals surface area contributed by atoms with Crippen molar-refractivity contribution in [2.45, 2.75) is 32.7 Å². The van der Waals surface area contributed by atoms with E-state index < -0.39 is 0 Å². The zero-order valence-corrected chi connectivity index (χ0v) is 18.0. The topological polar surface area (TPSA) is 56.6 Å². The predicted molar refractivity (Wildman–Crippen MR) is 113 cm³/mol. The molecule has 3 aromatic rings. The minimum absolute atomic E-state index is 0.0320. The highest BCUT2D eigenvalue weighted by atomic mass is 32.1. The molecule has 0 spiro atoms. The number of benzene rings is 1. The monoisotopic (exact) mass is 411 g/mol. The minimum Gasteiger partial charge on any atom is -0.497 e. The molecule has 6 nitrogen and oxygen atoms in total. The van der Waals surface area contributed by atoms with E-state index in [4.69, 9.17) is 9.47 Å². The quantitative estimate of drug-likeness (QED) is 0.618. The number of carbonyl (C=O) groups is 1. The van der Waals surface area contributed by atoms with Gasteiger partial charge < -0.3 is 14.4 Å². The normalized spacial score (nSPS) is 16.3. The molecule has 152 valence electrons. The van der Waals surface area contributed by atoms with Crippen LogP contribution in [0.5, 0.6) is 11.5 Å². The van der Waals surface area contributed by atoms with Gasteiger partial charge >= 0.3 is 0 Å². The lowest BCUT2D eigenvalue weighted by Crippen LogP contribution is -2.31. The van der Waals surface area contributed by atoms with Gasteiger partial charge in [0.1, 0.15) is 11.5 Å². The van der Waals surface area contributed by atoms with Crippen molar-refractivity contribution in [3.8, 4) is 16.6 Å². The van der Waals surface area contributed by atoms with Gasteiger partial charge in [-0.2, -0.15) is 0 Å². The number of ether oxygens (including phenoxy) is 2. The largest absolute Gasteiger partial charge is 0.497 e. The number of aryl methyl sites for hydroxylation is 1. The first-order chi connectivity index (χ1) is 14.0. The van der Waals surface area contributed by atoms with Crippen LogP contribution in [0.15, 0.2) is 35.8 Å². The molecule has 0 radical (unpaired) electrons. The SMILES string of the molecule is COc1ccc(OC)c(C2CCCN2C(=O)c2cc(C)n(-c3nccs3)c2C)c1. The fraction of sp³-hybridized carbons (Fsp3) is 0.364. The van der Waals surface area contributed by atoms with Crippen LogP contribution in [-0.4, -0.2) is 41.1 Å². The van der Waals surface area contributed by atoms with E-state index in [0.29, 0.717) is 0 Å². The average Bonchev–Trinajstić information content (AvgIpc) is 3.47. The number of hydrogen-bond donors (Lipinski definition) is 0. The van der Waals surface area contributed by atoms with E-state index >= 15 is 0 Å². The van der Waals surface area contributed by atoms with Crippen LogP contribution in [0.3, 0.4) is 0 Å². The van der Waals surface area contributed by atoms with Crippen LogP contribution < -0.4 is 9.47 Å². The first kappa shape index (κ1) is 19.5. The highest BCUT2D eigenvalue weighted by Gasteiger charge is 2.34. The molecule has 1 fully saturated rings. The number of likely N-dealkylation sites (tertiary alicyclic amines) is 1. The van der Waals surface area contributed by atoms with E-state index in [1.807, 2.05) is 48.4 Å². The predicted octanol–water partition coefficient (Wildman–Crippen LogP) is 4.55. The summed E-state index contributed by atoms with van der Waals surface area (Å²) in [5.41, 5.74) is 3.65.